The third-order valence-corrected chi connectivity index (χ3v) is 3.36. The molecule has 1 saturated heterocycles. The zero-order valence-electron chi connectivity index (χ0n) is 9.52. The molecule has 6 N–H and O–H groups in total. The molecule has 0 atom stereocenters. The lowest BCUT2D eigenvalue weighted by Gasteiger charge is -2.34. The fourth-order valence-corrected chi connectivity index (χ4v) is 2.34. The van der Waals surface area contributed by atoms with Gasteiger partial charge < -0.3 is 22.1 Å². The zero-order chi connectivity index (χ0) is 11.5. The summed E-state index contributed by atoms with van der Waals surface area (Å²) in [6, 6.07) is 5.70. The van der Waals surface area contributed by atoms with Gasteiger partial charge >= 0.3 is 0 Å². The van der Waals surface area contributed by atoms with Crippen molar-refractivity contribution in [3.8, 4) is 0 Å². The van der Waals surface area contributed by atoms with Gasteiger partial charge in [-0.25, -0.2) is 0 Å². The average Bonchev–Trinajstić information content (AvgIpc) is 2.30. The Bertz CT molecular complexity index is 336. The Morgan fingerprint density at radius 1 is 1.12 bits per heavy atom. The molecule has 1 fully saturated rings. The standard InChI is InChI=1S/C12H20N4/c13-8-9-4-6-16(7-5-9)12-10(14)2-1-3-11(12)15/h1-3,9H,4-8,13-15H2. The Labute approximate surface area is 96.4 Å². The van der Waals surface area contributed by atoms with E-state index >= 15 is 0 Å². The first-order valence-electron chi connectivity index (χ1n) is 5.81. The largest absolute Gasteiger partial charge is 0.397 e. The van der Waals surface area contributed by atoms with Gasteiger partial charge in [-0.2, -0.15) is 0 Å². The van der Waals surface area contributed by atoms with E-state index in [0.29, 0.717) is 5.92 Å². The molecule has 0 unspecified atom stereocenters. The van der Waals surface area contributed by atoms with Gasteiger partial charge in [-0.3, -0.25) is 0 Å². The zero-order valence-corrected chi connectivity index (χ0v) is 9.52. The number of rotatable bonds is 2. The summed E-state index contributed by atoms with van der Waals surface area (Å²) in [4.78, 5) is 2.27. The Hall–Kier alpha value is -1.42. The highest BCUT2D eigenvalue weighted by molar-refractivity contribution is 5.80. The van der Waals surface area contributed by atoms with Gasteiger partial charge in [-0.1, -0.05) is 6.07 Å². The maximum Gasteiger partial charge on any atom is 0.0833 e. The minimum absolute atomic E-state index is 0.655. The van der Waals surface area contributed by atoms with Gasteiger partial charge in [-0.05, 0) is 37.4 Å². The molecular weight excluding hydrogens is 200 g/mol. The SMILES string of the molecule is NCC1CCN(c2c(N)cccc2N)CC1. The summed E-state index contributed by atoms with van der Waals surface area (Å²) in [5.41, 5.74) is 20.2. The summed E-state index contributed by atoms with van der Waals surface area (Å²) in [6.07, 6.45) is 2.26. The van der Waals surface area contributed by atoms with Crippen molar-refractivity contribution in [1.82, 2.24) is 0 Å². The third kappa shape index (κ3) is 2.07. The van der Waals surface area contributed by atoms with Crippen molar-refractivity contribution in [2.45, 2.75) is 12.8 Å². The Morgan fingerprint density at radius 3 is 2.19 bits per heavy atom. The van der Waals surface area contributed by atoms with E-state index in [1.54, 1.807) is 0 Å². The molecule has 0 radical (unpaired) electrons. The topological polar surface area (TPSA) is 81.3 Å². The number of nitrogens with two attached hydrogens (primary N) is 3. The van der Waals surface area contributed by atoms with Crippen molar-refractivity contribution in [3.05, 3.63) is 18.2 Å². The smallest absolute Gasteiger partial charge is 0.0833 e. The monoisotopic (exact) mass is 220 g/mol. The highest BCUT2D eigenvalue weighted by atomic mass is 15.2. The molecule has 1 aromatic carbocycles. The van der Waals surface area contributed by atoms with E-state index in [2.05, 4.69) is 4.90 Å². The molecule has 0 saturated carbocycles. The molecule has 1 aromatic rings. The van der Waals surface area contributed by atoms with Crippen LogP contribution in [0.15, 0.2) is 18.2 Å². The molecule has 0 bridgehead atoms. The Balaban J connectivity index is 2.14. The highest BCUT2D eigenvalue weighted by Gasteiger charge is 2.20. The first-order valence-corrected chi connectivity index (χ1v) is 5.81. The summed E-state index contributed by atoms with van der Waals surface area (Å²) in [7, 11) is 0. The van der Waals surface area contributed by atoms with Crippen LogP contribution >= 0.6 is 0 Å². The number of hydrogen-bond donors (Lipinski definition) is 3. The van der Waals surface area contributed by atoms with Crippen LogP contribution in [0.2, 0.25) is 0 Å². The minimum atomic E-state index is 0.655. The van der Waals surface area contributed by atoms with Crippen molar-refractivity contribution in [1.29, 1.82) is 0 Å². The van der Waals surface area contributed by atoms with Gasteiger partial charge in [-0.15, -0.1) is 0 Å². The predicted molar refractivity (Wildman–Crippen MR) is 69.3 cm³/mol. The van der Waals surface area contributed by atoms with Crippen LogP contribution in [0.25, 0.3) is 0 Å². The molecule has 0 spiro atoms. The number of piperidine rings is 1. The van der Waals surface area contributed by atoms with Crippen LogP contribution in [-0.2, 0) is 0 Å². The molecular formula is C12H20N4. The van der Waals surface area contributed by atoms with Crippen LogP contribution in [0.5, 0.6) is 0 Å². The van der Waals surface area contributed by atoms with E-state index < -0.39 is 0 Å². The van der Waals surface area contributed by atoms with Gasteiger partial charge in [0.25, 0.3) is 0 Å². The third-order valence-electron chi connectivity index (χ3n) is 3.36. The number of benzene rings is 1. The van der Waals surface area contributed by atoms with Crippen molar-refractivity contribution in [3.63, 3.8) is 0 Å². The predicted octanol–water partition coefficient (Wildman–Crippen LogP) is 1.03. The lowest BCUT2D eigenvalue weighted by Crippen LogP contribution is -2.36. The van der Waals surface area contributed by atoms with E-state index in [1.165, 1.54) is 0 Å². The van der Waals surface area contributed by atoms with Gasteiger partial charge in [0.1, 0.15) is 0 Å². The Kier molecular flexibility index (Phi) is 3.19. The Morgan fingerprint density at radius 2 is 1.69 bits per heavy atom. The normalized spacial score (nSPS) is 17.7. The summed E-state index contributed by atoms with van der Waals surface area (Å²) in [5, 5.41) is 0. The first-order chi connectivity index (χ1) is 7.72. The van der Waals surface area contributed by atoms with E-state index in [-0.39, 0.29) is 0 Å². The van der Waals surface area contributed by atoms with E-state index in [4.69, 9.17) is 17.2 Å². The number of nitrogen functional groups attached to an aromatic ring is 2. The second kappa shape index (κ2) is 4.61. The van der Waals surface area contributed by atoms with Crippen LogP contribution in [0.3, 0.4) is 0 Å². The van der Waals surface area contributed by atoms with Crippen LogP contribution in [0.1, 0.15) is 12.8 Å². The lowest BCUT2D eigenvalue weighted by molar-refractivity contribution is 0.415. The van der Waals surface area contributed by atoms with Gasteiger partial charge in [0.05, 0.1) is 17.1 Å². The molecule has 1 heterocycles. The average molecular weight is 220 g/mol. The van der Waals surface area contributed by atoms with E-state index in [9.17, 15) is 0 Å². The van der Waals surface area contributed by atoms with Crippen LogP contribution < -0.4 is 22.1 Å². The van der Waals surface area contributed by atoms with Crippen LogP contribution in [0.4, 0.5) is 17.1 Å². The molecule has 2 rings (SSSR count). The molecule has 4 heteroatoms. The van der Waals surface area contributed by atoms with Gasteiger partial charge in [0, 0.05) is 13.1 Å². The number of para-hydroxylation sites is 1. The van der Waals surface area contributed by atoms with E-state index in [0.717, 1.165) is 49.5 Å². The molecule has 1 aliphatic heterocycles. The summed E-state index contributed by atoms with van der Waals surface area (Å²) < 4.78 is 0. The minimum Gasteiger partial charge on any atom is -0.397 e. The summed E-state index contributed by atoms with van der Waals surface area (Å²) in [6.45, 7) is 2.79. The van der Waals surface area contributed by atoms with Crippen molar-refractivity contribution in [2.24, 2.45) is 11.7 Å². The summed E-state index contributed by atoms with van der Waals surface area (Å²) in [5.74, 6) is 0.655. The highest BCUT2D eigenvalue weighted by Crippen LogP contribution is 2.32. The van der Waals surface area contributed by atoms with Gasteiger partial charge in [0.2, 0.25) is 0 Å². The molecule has 0 amide bonds. The summed E-state index contributed by atoms with van der Waals surface area (Å²) >= 11 is 0. The first kappa shape index (κ1) is 11.1. The van der Waals surface area contributed by atoms with Crippen LogP contribution in [0, 0.1) is 5.92 Å². The molecule has 1 aliphatic rings. The number of anilines is 3. The van der Waals surface area contributed by atoms with Crippen molar-refractivity contribution >= 4 is 17.1 Å². The fraction of sp³-hybridized carbons (Fsp3) is 0.500. The maximum atomic E-state index is 5.97. The van der Waals surface area contributed by atoms with E-state index in [1.807, 2.05) is 18.2 Å². The molecule has 16 heavy (non-hydrogen) atoms. The second-order valence-electron chi connectivity index (χ2n) is 4.45. The lowest BCUT2D eigenvalue weighted by atomic mass is 9.96. The maximum absolute atomic E-state index is 5.97. The van der Waals surface area contributed by atoms with Crippen molar-refractivity contribution in [2.75, 3.05) is 36.0 Å². The number of hydrogen-bond acceptors (Lipinski definition) is 4. The number of nitrogens with zero attached hydrogens (tertiary/aromatic N) is 1. The molecule has 88 valence electrons. The quantitative estimate of drug-likeness (QED) is 0.650. The van der Waals surface area contributed by atoms with Crippen LogP contribution in [-0.4, -0.2) is 19.6 Å². The molecule has 0 aromatic heterocycles. The molecule has 0 aliphatic carbocycles. The van der Waals surface area contributed by atoms with Crippen molar-refractivity contribution < 1.29 is 0 Å². The van der Waals surface area contributed by atoms with Gasteiger partial charge in [0.15, 0.2) is 0 Å². The molecule has 4 nitrogen and oxygen atoms in total. The fourth-order valence-electron chi connectivity index (χ4n) is 2.34. The second-order valence-corrected chi connectivity index (χ2v) is 4.45.